The fourth-order valence-corrected chi connectivity index (χ4v) is 2.65. The number of aliphatic hydroxyl groups is 3. The Balaban J connectivity index is -0.000000177. The molecule has 0 aliphatic heterocycles. The number of hydrogen-bond acceptors (Lipinski definition) is 4. The summed E-state index contributed by atoms with van der Waals surface area (Å²) in [6.07, 6.45) is 20.2. The summed E-state index contributed by atoms with van der Waals surface area (Å²) in [5.74, 6) is -0.653. The summed E-state index contributed by atoms with van der Waals surface area (Å²) in [6, 6.07) is 0. The zero-order chi connectivity index (χ0) is 23.0. The van der Waals surface area contributed by atoms with Crippen molar-refractivity contribution in [1.82, 2.24) is 0 Å². The maximum atomic E-state index is 10.3. The molecule has 0 spiro atoms. The van der Waals surface area contributed by atoms with Crippen LogP contribution in [0.5, 0.6) is 0 Å². The van der Waals surface area contributed by atoms with Crippen molar-refractivity contribution < 1.29 is 46.9 Å². The summed E-state index contributed by atoms with van der Waals surface area (Å²) in [6.45, 7) is 8.06. The van der Waals surface area contributed by atoms with Crippen LogP contribution in [0.4, 0.5) is 0 Å². The summed E-state index contributed by atoms with van der Waals surface area (Å²) in [7, 11) is 0. The first-order chi connectivity index (χ1) is 14.0. The first-order valence-electron chi connectivity index (χ1n) is 12.1. The van der Waals surface area contributed by atoms with Gasteiger partial charge in [0.15, 0.2) is 0 Å². The van der Waals surface area contributed by atoms with E-state index in [0.29, 0.717) is 6.42 Å². The Bertz CT molecular complexity index is 249. The fourth-order valence-electron chi connectivity index (χ4n) is 2.65. The Morgan fingerprint density at radius 3 is 0.900 bits per heavy atom. The number of rotatable bonds is 16. The molecular weight excluding hydrogens is 416 g/mol. The van der Waals surface area contributed by atoms with Crippen LogP contribution in [0.2, 0.25) is 0 Å². The van der Waals surface area contributed by atoms with E-state index in [4.69, 9.17) is 20.4 Å². The Hall–Kier alpha value is 0.0643. The number of unbranched alkanes of at least 4 members (excludes halogenated alkanes) is 14. The third-order valence-electron chi connectivity index (χ3n) is 3.99. The summed E-state index contributed by atoms with van der Waals surface area (Å²) in [5, 5.41) is 31.2. The molecule has 0 radical (unpaired) electrons. The van der Waals surface area contributed by atoms with Crippen LogP contribution in [0.25, 0.3) is 0 Å². The molecular formula is C24H54O5Ti. The Morgan fingerprint density at radius 2 is 0.700 bits per heavy atom. The predicted octanol–water partition coefficient (Wildman–Crippen LogP) is 6.33. The van der Waals surface area contributed by atoms with E-state index in [1.165, 1.54) is 83.5 Å². The molecule has 0 heterocycles. The van der Waals surface area contributed by atoms with Crippen LogP contribution in [-0.4, -0.2) is 46.2 Å². The van der Waals surface area contributed by atoms with E-state index in [-0.39, 0.29) is 41.5 Å². The van der Waals surface area contributed by atoms with Crippen LogP contribution in [0.15, 0.2) is 0 Å². The van der Waals surface area contributed by atoms with Crippen molar-refractivity contribution in [1.29, 1.82) is 0 Å². The molecule has 184 valence electrons. The molecule has 0 amide bonds. The molecule has 0 fully saturated rings. The topological polar surface area (TPSA) is 98.0 Å². The summed E-state index contributed by atoms with van der Waals surface area (Å²) >= 11 is 0. The van der Waals surface area contributed by atoms with Gasteiger partial charge in [-0.25, -0.2) is 0 Å². The van der Waals surface area contributed by atoms with E-state index in [1.807, 2.05) is 0 Å². The molecule has 0 aromatic rings. The maximum Gasteiger partial charge on any atom is 0.303 e. The van der Waals surface area contributed by atoms with Crippen molar-refractivity contribution >= 4 is 5.97 Å². The molecule has 0 aliphatic carbocycles. The second kappa shape index (κ2) is 47.0. The molecule has 6 heteroatoms. The van der Waals surface area contributed by atoms with Crippen LogP contribution in [0.3, 0.4) is 0 Å². The number of hydrogen-bond donors (Lipinski definition) is 4. The third-order valence-corrected chi connectivity index (χ3v) is 3.99. The SMILES string of the molecule is CCCCCCCCCCCCCCCCCC(=O)O.CCO.CCO.CCO.[Ti]. The van der Waals surface area contributed by atoms with Crippen LogP contribution in [0.1, 0.15) is 130 Å². The molecule has 0 bridgehead atoms. The van der Waals surface area contributed by atoms with Crippen molar-refractivity contribution in [3.63, 3.8) is 0 Å². The summed E-state index contributed by atoms with van der Waals surface area (Å²) < 4.78 is 0. The Kier molecular flexibility index (Phi) is 63.4. The Morgan fingerprint density at radius 1 is 0.500 bits per heavy atom. The monoisotopic (exact) mass is 470 g/mol. The van der Waals surface area contributed by atoms with E-state index >= 15 is 0 Å². The average Bonchev–Trinajstić information content (AvgIpc) is 2.66. The molecule has 0 saturated carbocycles. The normalized spacial score (nSPS) is 9.03. The van der Waals surface area contributed by atoms with E-state index in [9.17, 15) is 4.79 Å². The zero-order valence-corrected chi connectivity index (χ0v) is 22.2. The van der Waals surface area contributed by atoms with Crippen molar-refractivity contribution in [3.8, 4) is 0 Å². The summed E-state index contributed by atoms with van der Waals surface area (Å²) in [5.41, 5.74) is 0. The number of aliphatic carboxylic acids is 1. The molecule has 0 aliphatic rings. The van der Waals surface area contributed by atoms with Gasteiger partial charge in [-0.2, -0.15) is 0 Å². The van der Waals surface area contributed by atoms with Gasteiger partial charge in [-0.3, -0.25) is 4.79 Å². The van der Waals surface area contributed by atoms with E-state index in [2.05, 4.69) is 6.92 Å². The minimum Gasteiger partial charge on any atom is -0.481 e. The van der Waals surface area contributed by atoms with Crippen molar-refractivity contribution in [2.24, 2.45) is 0 Å². The van der Waals surface area contributed by atoms with Gasteiger partial charge in [-0.1, -0.05) is 96.8 Å². The summed E-state index contributed by atoms with van der Waals surface area (Å²) in [4.78, 5) is 10.3. The largest absolute Gasteiger partial charge is 0.481 e. The number of carbonyl (C=O) groups is 1. The quantitative estimate of drug-likeness (QED) is 0.156. The zero-order valence-electron chi connectivity index (χ0n) is 20.6. The molecule has 5 nitrogen and oxygen atoms in total. The van der Waals surface area contributed by atoms with E-state index in [1.54, 1.807) is 20.8 Å². The first kappa shape index (κ1) is 40.4. The van der Waals surface area contributed by atoms with E-state index < -0.39 is 5.97 Å². The van der Waals surface area contributed by atoms with Gasteiger partial charge in [0.1, 0.15) is 0 Å². The molecule has 0 saturated heterocycles. The van der Waals surface area contributed by atoms with Gasteiger partial charge < -0.3 is 20.4 Å². The van der Waals surface area contributed by atoms with Crippen LogP contribution >= 0.6 is 0 Å². The van der Waals surface area contributed by atoms with Gasteiger partial charge in [0.25, 0.3) is 0 Å². The minimum absolute atomic E-state index is 0. The molecule has 30 heavy (non-hydrogen) atoms. The smallest absolute Gasteiger partial charge is 0.303 e. The van der Waals surface area contributed by atoms with Crippen LogP contribution in [0, 0.1) is 0 Å². The molecule has 0 aromatic heterocycles. The van der Waals surface area contributed by atoms with Crippen molar-refractivity contribution in [2.45, 2.75) is 130 Å². The number of aliphatic hydroxyl groups excluding tert-OH is 3. The molecule has 0 rings (SSSR count). The van der Waals surface area contributed by atoms with Gasteiger partial charge in [-0.15, -0.1) is 0 Å². The van der Waals surface area contributed by atoms with Gasteiger partial charge >= 0.3 is 5.97 Å². The standard InChI is InChI=1S/C18H36O2.3C2H6O.Ti/c1-2-3-4-5-6-7-8-9-10-11-12-13-14-15-16-17-18(19)20;3*1-2-3;/h2-17H2,1H3,(H,19,20);3*3H,2H2,1H3;. The van der Waals surface area contributed by atoms with Gasteiger partial charge in [0, 0.05) is 48.0 Å². The average molecular weight is 471 g/mol. The molecule has 0 aromatic carbocycles. The van der Waals surface area contributed by atoms with Crippen molar-refractivity contribution in [2.75, 3.05) is 19.8 Å². The molecule has 0 atom stereocenters. The maximum absolute atomic E-state index is 10.3. The van der Waals surface area contributed by atoms with Gasteiger partial charge in [-0.05, 0) is 27.2 Å². The van der Waals surface area contributed by atoms with Gasteiger partial charge in [0.2, 0.25) is 0 Å². The van der Waals surface area contributed by atoms with Gasteiger partial charge in [0.05, 0.1) is 0 Å². The second-order valence-corrected chi connectivity index (χ2v) is 7.04. The van der Waals surface area contributed by atoms with Crippen LogP contribution in [-0.2, 0) is 26.5 Å². The Labute approximate surface area is 202 Å². The van der Waals surface area contributed by atoms with Crippen LogP contribution < -0.4 is 0 Å². The molecule has 4 N–H and O–H groups in total. The number of carboxylic acid groups (broad SMARTS) is 1. The third kappa shape index (κ3) is 70.6. The van der Waals surface area contributed by atoms with Crippen molar-refractivity contribution in [3.05, 3.63) is 0 Å². The fraction of sp³-hybridized carbons (Fsp3) is 0.958. The second-order valence-electron chi connectivity index (χ2n) is 7.04. The first-order valence-corrected chi connectivity index (χ1v) is 12.1. The predicted molar refractivity (Wildman–Crippen MR) is 125 cm³/mol. The van der Waals surface area contributed by atoms with E-state index in [0.717, 1.165) is 12.8 Å². The molecule has 0 unspecified atom stereocenters. The number of carboxylic acids is 1. The minimum atomic E-state index is -0.653.